The molecule has 4 aliphatic rings. The molecular formula is C30H42FO9. The molecule has 8 atom stereocenters. The molecule has 40 heavy (non-hydrogen) atoms. The van der Waals surface area contributed by atoms with Gasteiger partial charge in [0.05, 0.1) is 23.0 Å². The maximum atomic E-state index is 18.2. The van der Waals surface area contributed by atoms with Gasteiger partial charge in [-0.15, -0.1) is 0 Å². The van der Waals surface area contributed by atoms with E-state index in [-0.39, 0.29) is 23.7 Å². The van der Waals surface area contributed by atoms with Crippen LogP contribution in [0, 0.1) is 28.1 Å². The van der Waals surface area contributed by atoms with E-state index < -0.39 is 70.8 Å². The van der Waals surface area contributed by atoms with E-state index in [0.717, 1.165) is 0 Å². The number of carboxylic acid groups (broad SMARTS) is 1. The quantitative estimate of drug-likeness (QED) is 0.299. The van der Waals surface area contributed by atoms with E-state index in [9.17, 15) is 29.7 Å². The summed E-state index contributed by atoms with van der Waals surface area (Å²) in [7, 11) is 0. The molecule has 0 aromatic heterocycles. The minimum Gasteiger partial charge on any atom is -0.481 e. The third-order valence-electron chi connectivity index (χ3n) is 10.7. The van der Waals surface area contributed by atoms with Crippen molar-refractivity contribution in [3.05, 3.63) is 23.0 Å². The van der Waals surface area contributed by atoms with Gasteiger partial charge in [-0.05, 0) is 83.6 Å². The fraction of sp³-hybridized carbons (Fsp3) is 0.767. The van der Waals surface area contributed by atoms with Crippen molar-refractivity contribution in [2.24, 2.45) is 28.1 Å². The molecule has 4 aliphatic carbocycles. The van der Waals surface area contributed by atoms with Gasteiger partial charge in [0.2, 0.25) is 12.6 Å². The molecule has 3 unspecified atom stereocenters. The lowest BCUT2D eigenvalue weighted by atomic mass is 9.42. The second-order valence-electron chi connectivity index (χ2n) is 12.7. The molecule has 0 saturated heterocycles. The summed E-state index contributed by atoms with van der Waals surface area (Å²) in [6, 6.07) is 0. The fourth-order valence-corrected chi connectivity index (χ4v) is 9.06. The number of aliphatic carboxylic acids is 1. The Morgan fingerprint density at radius 2 is 1.82 bits per heavy atom. The predicted octanol–water partition coefficient (Wildman–Crippen LogP) is 5.28. The first-order valence-electron chi connectivity index (χ1n) is 14.3. The van der Waals surface area contributed by atoms with Crippen molar-refractivity contribution in [3.63, 3.8) is 0 Å². The van der Waals surface area contributed by atoms with E-state index in [4.69, 9.17) is 14.2 Å². The monoisotopic (exact) mass is 565 g/mol. The van der Waals surface area contributed by atoms with Gasteiger partial charge in [-0.1, -0.05) is 25.8 Å². The molecule has 0 heterocycles. The highest BCUT2D eigenvalue weighted by Crippen LogP contribution is 2.73. The third-order valence-corrected chi connectivity index (χ3v) is 10.7. The zero-order chi connectivity index (χ0) is 29.8. The van der Waals surface area contributed by atoms with Gasteiger partial charge in [-0.25, -0.2) is 9.18 Å². The minimum absolute atomic E-state index is 0.0162. The van der Waals surface area contributed by atoms with Crippen molar-refractivity contribution in [1.29, 1.82) is 0 Å². The first kappa shape index (κ1) is 30.5. The molecule has 9 nitrogen and oxygen atoms in total. The van der Waals surface area contributed by atoms with Crippen LogP contribution >= 0.6 is 0 Å². The maximum Gasteiger partial charge on any atom is 0.509 e. The molecule has 0 aliphatic heterocycles. The standard InChI is InChI=1S/C30H42FO9/c1-7-11-29(25(35)36)12-10-19-20-9-8-18-13-21(33)24(38-15-32)23(17(4)40-26(37)39-16(2)3)28(18,6)30(20,31)22(34)14-27(19,29)5/h13,16-17,19-20,22,34H,7-12,14-15H2,1-6H3,(H,35,36)/t17?,19?,20?,22-,27-,28+,29+,30-/m0/s1. The number of ketones is 1. The van der Waals surface area contributed by atoms with Gasteiger partial charge >= 0.3 is 12.1 Å². The molecule has 1 radical (unpaired) electrons. The summed E-state index contributed by atoms with van der Waals surface area (Å²) in [5, 5.41) is 33.8. The maximum absolute atomic E-state index is 18.2. The van der Waals surface area contributed by atoms with Gasteiger partial charge in [0, 0.05) is 11.5 Å². The summed E-state index contributed by atoms with van der Waals surface area (Å²) in [6.45, 7) is 9.01. The number of rotatable bonds is 8. The number of fused-ring (bicyclic) bond motifs is 5. The zero-order valence-corrected chi connectivity index (χ0v) is 24.3. The van der Waals surface area contributed by atoms with E-state index in [0.29, 0.717) is 44.1 Å². The zero-order valence-electron chi connectivity index (χ0n) is 24.3. The molecule has 3 saturated carbocycles. The number of allylic oxidation sites excluding steroid dienone is 2. The topological polar surface area (TPSA) is 139 Å². The highest BCUT2D eigenvalue weighted by atomic mass is 19.1. The lowest BCUT2D eigenvalue weighted by Crippen LogP contribution is -2.69. The van der Waals surface area contributed by atoms with Crippen molar-refractivity contribution in [3.8, 4) is 0 Å². The normalized spacial score (nSPS) is 39.6. The van der Waals surface area contributed by atoms with Crippen LogP contribution in [0.5, 0.6) is 0 Å². The van der Waals surface area contributed by atoms with Crippen molar-refractivity contribution in [2.45, 2.75) is 110 Å². The van der Waals surface area contributed by atoms with Gasteiger partial charge in [0.15, 0.2) is 11.4 Å². The molecule has 10 heteroatoms. The highest BCUT2D eigenvalue weighted by molar-refractivity contribution is 6.05. The summed E-state index contributed by atoms with van der Waals surface area (Å²) in [6.07, 6.45) is -0.528. The van der Waals surface area contributed by atoms with Gasteiger partial charge in [0.1, 0.15) is 6.10 Å². The Hall–Kier alpha value is -2.46. The molecule has 0 aromatic carbocycles. The molecule has 2 N–H and O–H groups in total. The highest BCUT2D eigenvalue weighted by Gasteiger charge is 2.76. The van der Waals surface area contributed by atoms with Crippen LogP contribution in [-0.4, -0.2) is 58.9 Å². The van der Waals surface area contributed by atoms with E-state index >= 15 is 4.39 Å². The van der Waals surface area contributed by atoms with Crippen LogP contribution in [0.15, 0.2) is 23.0 Å². The number of alkyl halides is 1. The molecule has 0 bridgehead atoms. The van der Waals surface area contributed by atoms with Gasteiger partial charge < -0.3 is 24.4 Å². The summed E-state index contributed by atoms with van der Waals surface area (Å²) in [5.41, 5.74) is -5.53. The average Bonchev–Trinajstić information content (AvgIpc) is 3.13. The van der Waals surface area contributed by atoms with Crippen LogP contribution in [-0.2, 0) is 28.9 Å². The number of hydrogen-bond donors (Lipinski definition) is 2. The number of carbonyl (C=O) groups is 3. The number of carbonyl (C=O) groups excluding carboxylic acids is 2. The SMILES string of the molecule is CCC[C@]1(C(=O)O)CCC2C3CCC4=CC(=O)C(OC[O])=C(C(C)OC(=O)OC(C)C)[C@]4(C)[C@@]3(F)[C@@H](O)C[C@@]21C. The summed E-state index contributed by atoms with van der Waals surface area (Å²) in [4.78, 5) is 38.4. The Labute approximate surface area is 234 Å². The van der Waals surface area contributed by atoms with Crippen LogP contribution in [0.2, 0.25) is 0 Å². The smallest absolute Gasteiger partial charge is 0.481 e. The van der Waals surface area contributed by atoms with Crippen LogP contribution < -0.4 is 0 Å². The lowest BCUT2D eigenvalue weighted by molar-refractivity contribution is -0.215. The van der Waals surface area contributed by atoms with Crippen LogP contribution in [0.1, 0.15) is 86.5 Å². The molecule has 0 aromatic rings. The van der Waals surface area contributed by atoms with E-state index in [1.807, 2.05) is 13.8 Å². The molecule has 0 amide bonds. The summed E-state index contributed by atoms with van der Waals surface area (Å²) < 4.78 is 34.0. The van der Waals surface area contributed by atoms with Gasteiger partial charge in [0.25, 0.3) is 0 Å². The van der Waals surface area contributed by atoms with Gasteiger partial charge in [-0.3, -0.25) is 9.59 Å². The Morgan fingerprint density at radius 3 is 2.40 bits per heavy atom. The van der Waals surface area contributed by atoms with Crippen molar-refractivity contribution >= 4 is 17.9 Å². The van der Waals surface area contributed by atoms with Crippen molar-refractivity contribution in [1.82, 2.24) is 0 Å². The van der Waals surface area contributed by atoms with E-state index in [1.54, 1.807) is 20.8 Å². The summed E-state index contributed by atoms with van der Waals surface area (Å²) in [5.74, 6) is -3.01. The second kappa shape index (κ2) is 10.4. The lowest BCUT2D eigenvalue weighted by Gasteiger charge is -2.64. The molecule has 0 spiro atoms. The molecule has 3 fully saturated rings. The van der Waals surface area contributed by atoms with Crippen molar-refractivity contribution < 1.29 is 48.3 Å². The number of aliphatic hydroxyl groups excluding tert-OH is 1. The Balaban J connectivity index is 1.87. The average molecular weight is 566 g/mol. The Kier molecular flexibility index (Phi) is 7.95. The Bertz CT molecular complexity index is 1130. The predicted molar refractivity (Wildman–Crippen MR) is 140 cm³/mol. The van der Waals surface area contributed by atoms with Crippen LogP contribution in [0.25, 0.3) is 0 Å². The molecule has 4 rings (SSSR count). The number of aliphatic hydroxyl groups is 1. The Morgan fingerprint density at radius 1 is 1.15 bits per heavy atom. The van der Waals surface area contributed by atoms with E-state index in [1.165, 1.54) is 13.0 Å². The number of carboxylic acids is 1. The van der Waals surface area contributed by atoms with Crippen LogP contribution in [0.4, 0.5) is 9.18 Å². The fourth-order valence-electron chi connectivity index (χ4n) is 9.06. The second-order valence-corrected chi connectivity index (χ2v) is 12.7. The first-order chi connectivity index (χ1) is 18.6. The van der Waals surface area contributed by atoms with Crippen molar-refractivity contribution in [2.75, 3.05) is 6.79 Å². The van der Waals surface area contributed by atoms with Crippen LogP contribution in [0.3, 0.4) is 0 Å². The largest absolute Gasteiger partial charge is 0.509 e. The molecule has 223 valence electrons. The number of hydrogen-bond acceptors (Lipinski definition) is 7. The third kappa shape index (κ3) is 4.03. The number of ether oxygens (including phenoxy) is 3. The summed E-state index contributed by atoms with van der Waals surface area (Å²) >= 11 is 0. The minimum atomic E-state index is -2.35. The van der Waals surface area contributed by atoms with Gasteiger partial charge in [-0.2, -0.15) is 5.11 Å². The van der Waals surface area contributed by atoms with E-state index in [2.05, 4.69) is 0 Å². The first-order valence-corrected chi connectivity index (χ1v) is 14.3. The molecular weight excluding hydrogens is 523 g/mol. The number of halogens is 1.